The minimum absolute atomic E-state index is 0.160. The lowest BCUT2D eigenvalue weighted by Gasteiger charge is -2.46. The van der Waals surface area contributed by atoms with Gasteiger partial charge in [-0.25, -0.2) is 9.78 Å². The Hall–Kier alpha value is -1.33. The summed E-state index contributed by atoms with van der Waals surface area (Å²) in [6.45, 7) is 5.72. The topological polar surface area (TPSA) is 62.7 Å². The van der Waals surface area contributed by atoms with Gasteiger partial charge in [0, 0.05) is 11.8 Å². The van der Waals surface area contributed by atoms with Crippen LogP contribution in [0.1, 0.15) is 26.3 Å². The van der Waals surface area contributed by atoms with Crippen LogP contribution in [-0.2, 0) is 10.3 Å². The number of carbonyl (C=O) groups excluding carboxylic acids is 1. The molecule has 6 heteroatoms. The van der Waals surface area contributed by atoms with Crippen LogP contribution in [0.15, 0.2) is 18.3 Å². The average Bonchev–Trinajstić information content (AvgIpc) is 2.23. The Balaban J connectivity index is 2.02. The summed E-state index contributed by atoms with van der Waals surface area (Å²) in [6, 6.07) is 3.41. The highest BCUT2D eigenvalue weighted by Crippen LogP contribution is 2.35. The van der Waals surface area contributed by atoms with Gasteiger partial charge < -0.3 is 14.7 Å². The van der Waals surface area contributed by atoms with Gasteiger partial charge >= 0.3 is 6.09 Å². The summed E-state index contributed by atoms with van der Waals surface area (Å²) >= 11 is 5.95. The number of nitrogens with zero attached hydrogens (tertiary/aromatic N) is 2. The summed E-state index contributed by atoms with van der Waals surface area (Å²) in [7, 11) is 0. The minimum Gasteiger partial charge on any atom is -0.444 e. The Kier molecular flexibility index (Phi) is 3.45. The number of amides is 1. The first-order chi connectivity index (χ1) is 8.71. The van der Waals surface area contributed by atoms with Gasteiger partial charge in [0.05, 0.1) is 13.1 Å². The maximum absolute atomic E-state index is 11.8. The van der Waals surface area contributed by atoms with E-state index >= 15 is 0 Å². The molecule has 0 atom stereocenters. The maximum Gasteiger partial charge on any atom is 0.410 e. The molecule has 0 bridgehead atoms. The standard InChI is InChI=1S/C13H17ClN2O3/c1-12(2,3)19-11(17)16-7-13(18,8-16)9-5-4-6-15-10(9)14/h4-6,18H,7-8H2,1-3H3. The molecule has 2 heterocycles. The molecule has 0 aliphatic carbocycles. The van der Waals surface area contributed by atoms with Crippen molar-refractivity contribution < 1.29 is 14.6 Å². The predicted molar refractivity (Wildman–Crippen MR) is 71.0 cm³/mol. The van der Waals surface area contributed by atoms with Crippen molar-refractivity contribution in [3.63, 3.8) is 0 Å². The van der Waals surface area contributed by atoms with Gasteiger partial charge in [-0.3, -0.25) is 0 Å². The van der Waals surface area contributed by atoms with E-state index in [2.05, 4.69) is 4.98 Å². The summed E-state index contributed by atoms with van der Waals surface area (Å²) < 4.78 is 5.23. The van der Waals surface area contributed by atoms with Crippen molar-refractivity contribution in [3.05, 3.63) is 29.0 Å². The van der Waals surface area contributed by atoms with Gasteiger partial charge in [-0.1, -0.05) is 17.7 Å². The van der Waals surface area contributed by atoms with Gasteiger partial charge in [0.15, 0.2) is 0 Å². The Morgan fingerprint density at radius 2 is 2.16 bits per heavy atom. The molecule has 0 unspecified atom stereocenters. The first-order valence-electron chi connectivity index (χ1n) is 6.03. The van der Waals surface area contributed by atoms with Crippen LogP contribution in [0.4, 0.5) is 4.79 Å². The van der Waals surface area contributed by atoms with Crippen molar-refractivity contribution in [2.45, 2.75) is 32.0 Å². The van der Waals surface area contributed by atoms with Crippen LogP contribution in [0, 0.1) is 0 Å². The third-order valence-electron chi connectivity index (χ3n) is 2.82. The molecule has 1 aromatic heterocycles. The molecule has 0 radical (unpaired) electrons. The molecule has 0 aromatic carbocycles. The zero-order valence-corrected chi connectivity index (χ0v) is 11.9. The van der Waals surface area contributed by atoms with Crippen molar-refractivity contribution in [1.82, 2.24) is 9.88 Å². The zero-order valence-electron chi connectivity index (χ0n) is 11.2. The van der Waals surface area contributed by atoms with E-state index in [4.69, 9.17) is 16.3 Å². The van der Waals surface area contributed by atoms with Gasteiger partial charge in [0.25, 0.3) is 0 Å². The van der Waals surface area contributed by atoms with Crippen LogP contribution in [0.25, 0.3) is 0 Å². The van der Waals surface area contributed by atoms with Gasteiger partial charge in [-0.15, -0.1) is 0 Å². The number of β-amino-alcohol motifs (C(OH)–C–C–N with tert-alkyl or cyclic N) is 1. The van der Waals surface area contributed by atoms with Crippen molar-refractivity contribution in [3.8, 4) is 0 Å². The van der Waals surface area contributed by atoms with Crippen LogP contribution < -0.4 is 0 Å². The van der Waals surface area contributed by atoms with E-state index < -0.39 is 17.3 Å². The van der Waals surface area contributed by atoms with E-state index in [9.17, 15) is 9.90 Å². The van der Waals surface area contributed by atoms with Crippen LogP contribution in [-0.4, -0.2) is 39.8 Å². The van der Waals surface area contributed by atoms with Gasteiger partial charge in [0.2, 0.25) is 0 Å². The fraction of sp³-hybridized carbons (Fsp3) is 0.538. The second kappa shape index (κ2) is 4.65. The molecule has 5 nitrogen and oxygen atoms in total. The van der Waals surface area contributed by atoms with E-state index in [-0.39, 0.29) is 18.2 Å². The van der Waals surface area contributed by atoms with Gasteiger partial charge in [-0.2, -0.15) is 0 Å². The normalized spacial score (nSPS) is 17.8. The minimum atomic E-state index is -1.14. The molecule has 1 saturated heterocycles. The highest BCUT2D eigenvalue weighted by atomic mass is 35.5. The first-order valence-corrected chi connectivity index (χ1v) is 6.40. The molecule has 19 heavy (non-hydrogen) atoms. The van der Waals surface area contributed by atoms with Crippen LogP contribution in [0.5, 0.6) is 0 Å². The molecule has 1 fully saturated rings. The predicted octanol–water partition coefficient (Wildman–Crippen LogP) is 2.17. The van der Waals surface area contributed by atoms with E-state index in [1.165, 1.54) is 4.90 Å². The van der Waals surface area contributed by atoms with Gasteiger partial charge in [0.1, 0.15) is 16.4 Å². The third kappa shape index (κ3) is 2.98. The van der Waals surface area contributed by atoms with E-state index in [1.807, 2.05) is 0 Å². The lowest BCUT2D eigenvalue weighted by Crippen LogP contribution is -2.62. The SMILES string of the molecule is CC(C)(C)OC(=O)N1CC(O)(c2cccnc2Cl)C1. The highest BCUT2D eigenvalue weighted by molar-refractivity contribution is 6.30. The molecule has 2 rings (SSSR count). The summed E-state index contributed by atoms with van der Waals surface area (Å²) in [6.07, 6.45) is 1.12. The summed E-state index contributed by atoms with van der Waals surface area (Å²) in [5.41, 5.74) is -1.14. The van der Waals surface area contributed by atoms with E-state index in [0.29, 0.717) is 5.56 Å². The van der Waals surface area contributed by atoms with Crippen molar-refractivity contribution >= 4 is 17.7 Å². The summed E-state index contributed by atoms with van der Waals surface area (Å²) in [5.74, 6) is 0. The van der Waals surface area contributed by atoms with E-state index in [0.717, 1.165) is 0 Å². The number of carbonyl (C=O) groups is 1. The second-order valence-corrected chi connectivity index (χ2v) is 6.07. The lowest BCUT2D eigenvalue weighted by atomic mass is 9.87. The first kappa shape index (κ1) is 14.1. The molecule has 0 spiro atoms. The number of hydrogen-bond donors (Lipinski definition) is 1. The van der Waals surface area contributed by atoms with E-state index in [1.54, 1.807) is 39.1 Å². The zero-order chi connectivity index (χ0) is 14.3. The number of pyridine rings is 1. The average molecular weight is 285 g/mol. The largest absolute Gasteiger partial charge is 0.444 e. The number of likely N-dealkylation sites (tertiary alicyclic amines) is 1. The molecule has 104 valence electrons. The maximum atomic E-state index is 11.8. The van der Waals surface area contributed by atoms with Crippen LogP contribution >= 0.6 is 11.6 Å². The summed E-state index contributed by atoms with van der Waals surface area (Å²) in [4.78, 5) is 17.2. The molecular weight excluding hydrogens is 268 g/mol. The number of rotatable bonds is 1. The van der Waals surface area contributed by atoms with Crippen molar-refractivity contribution in [2.24, 2.45) is 0 Å². The second-order valence-electron chi connectivity index (χ2n) is 5.71. The Morgan fingerprint density at radius 3 is 2.68 bits per heavy atom. The molecule has 0 saturated carbocycles. The van der Waals surface area contributed by atoms with Crippen molar-refractivity contribution in [2.75, 3.05) is 13.1 Å². The van der Waals surface area contributed by atoms with Crippen molar-refractivity contribution in [1.29, 1.82) is 0 Å². The molecule has 1 amide bonds. The molecule has 1 aliphatic heterocycles. The molecule has 1 aliphatic rings. The highest BCUT2D eigenvalue weighted by Gasteiger charge is 2.47. The number of aliphatic hydroxyl groups is 1. The number of hydrogen-bond acceptors (Lipinski definition) is 4. The van der Waals surface area contributed by atoms with Gasteiger partial charge in [-0.05, 0) is 26.8 Å². The van der Waals surface area contributed by atoms with Crippen LogP contribution in [0.2, 0.25) is 5.15 Å². The Morgan fingerprint density at radius 1 is 1.53 bits per heavy atom. The number of ether oxygens (including phenoxy) is 1. The van der Waals surface area contributed by atoms with Crippen LogP contribution in [0.3, 0.4) is 0 Å². The Labute approximate surface area is 117 Å². The summed E-state index contributed by atoms with van der Waals surface area (Å²) in [5, 5.41) is 10.7. The third-order valence-corrected chi connectivity index (χ3v) is 3.12. The molecule has 1 aromatic rings. The fourth-order valence-electron chi connectivity index (χ4n) is 1.94. The Bertz CT molecular complexity index is 493. The fourth-order valence-corrected chi connectivity index (χ4v) is 2.24. The lowest BCUT2D eigenvalue weighted by molar-refractivity contribution is -0.103. The smallest absolute Gasteiger partial charge is 0.410 e. The number of aromatic nitrogens is 1. The molecule has 1 N–H and O–H groups in total. The molecular formula is C13H17ClN2O3. The number of halogens is 1. The monoisotopic (exact) mass is 284 g/mol. The quantitative estimate of drug-likeness (QED) is 0.803.